The number of hydrogen-bond acceptors (Lipinski definition) is 1. The van der Waals surface area contributed by atoms with Gasteiger partial charge in [-0.1, -0.05) is 100.0 Å². The van der Waals surface area contributed by atoms with Gasteiger partial charge < -0.3 is 0 Å². The molecule has 0 aliphatic heterocycles. The van der Waals surface area contributed by atoms with Crippen molar-refractivity contribution < 1.29 is 4.79 Å². The predicted octanol–water partition coefficient (Wildman–Crippen LogP) is 8.00. The van der Waals surface area contributed by atoms with Crippen molar-refractivity contribution in [3.63, 3.8) is 0 Å². The van der Waals surface area contributed by atoms with Crippen LogP contribution >= 0.6 is 0 Å². The molecule has 0 saturated heterocycles. The number of rotatable bonds is 10. The van der Waals surface area contributed by atoms with Crippen LogP contribution in [0.15, 0.2) is 78.9 Å². The fraction of sp³-hybridized carbons (Fsp3) is 0.300. The average molecular weight is 411 g/mol. The van der Waals surface area contributed by atoms with Gasteiger partial charge in [-0.2, -0.15) is 0 Å². The largest absolute Gasteiger partial charge is 0.294 e. The quantitative estimate of drug-likeness (QED) is 0.244. The van der Waals surface area contributed by atoms with Gasteiger partial charge in [0.25, 0.3) is 0 Å². The molecule has 0 unspecified atom stereocenters. The van der Waals surface area contributed by atoms with Crippen molar-refractivity contribution in [1.82, 2.24) is 0 Å². The summed E-state index contributed by atoms with van der Waals surface area (Å²) in [7, 11) is 0. The minimum absolute atomic E-state index is 0.0998. The van der Waals surface area contributed by atoms with Crippen molar-refractivity contribution in [2.45, 2.75) is 59.3 Å². The highest BCUT2D eigenvalue weighted by atomic mass is 16.1. The molecule has 3 aromatic carbocycles. The maximum Gasteiger partial charge on any atom is 0.162 e. The Labute approximate surface area is 187 Å². The number of Topliss-reactive ketones (excluding diaryl/α,β-unsaturated/α-hetero) is 1. The average Bonchev–Trinajstić information content (AvgIpc) is 2.80. The van der Waals surface area contributed by atoms with Gasteiger partial charge >= 0.3 is 0 Å². The number of hydrogen-bond donors (Lipinski definition) is 0. The molecule has 0 atom stereocenters. The molecule has 160 valence electrons. The minimum atomic E-state index is 0.0998. The second-order valence-corrected chi connectivity index (χ2v) is 8.46. The van der Waals surface area contributed by atoms with Crippen LogP contribution in [0.5, 0.6) is 0 Å². The number of aryl methyl sites for hydroxylation is 2. The summed E-state index contributed by atoms with van der Waals surface area (Å²) in [5.74, 6) is 0.0998. The molecule has 1 heteroatoms. The van der Waals surface area contributed by atoms with Gasteiger partial charge in [-0.05, 0) is 70.7 Å². The summed E-state index contributed by atoms with van der Waals surface area (Å²) in [4.78, 5) is 11.9. The van der Waals surface area contributed by atoms with E-state index in [4.69, 9.17) is 0 Å². The van der Waals surface area contributed by atoms with Crippen molar-refractivity contribution in [2.75, 3.05) is 0 Å². The van der Waals surface area contributed by atoms with E-state index in [-0.39, 0.29) is 5.78 Å². The van der Waals surface area contributed by atoms with Crippen LogP contribution in [0.1, 0.15) is 56.7 Å². The van der Waals surface area contributed by atoms with E-state index in [9.17, 15) is 4.79 Å². The zero-order chi connectivity index (χ0) is 22.2. The molecular formula is C30H34O. The molecule has 3 aromatic rings. The third kappa shape index (κ3) is 6.04. The number of ketones is 1. The van der Waals surface area contributed by atoms with E-state index < -0.39 is 0 Å². The molecule has 1 nitrogen and oxygen atoms in total. The lowest BCUT2D eigenvalue weighted by molar-refractivity contribution is -0.114. The Morgan fingerprint density at radius 1 is 0.774 bits per heavy atom. The highest BCUT2D eigenvalue weighted by molar-refractivity contribution is 5.95. The topological polar surface area (TPSA) is 17.1 Å². The number of allylic oxidation sites excluding steroid dienone is 1. The van der Waals surface area contributed by atoms with Crippen LogP contribution < -0.4 is 0 Å². The third-order valence-electron chi connectivity index (χ3n) is 5.95. The van der Waals surface area contributed by atoms with Crippen LogP contribution in [0.3, 0.4) is 0 Å². The van der Waals surface area contributed by atoms with Crippen molar-refractivity contribution >= 4 is 5.78 Å². The molecule has 0 aliphatic carbocycles. The molecular weight excluding hydrogens is 376 g/mol. The molecule has 0 heterocycles. The van der Waals surface area contributed by atoms with E-state index in [1.54, 1.807) is 6.92 Å². The fourth-order valence-electron chi connectivity index (χ4n) is 3.93. The summed E-state index contributed by atoms with van der Waals surface area (Å²) in [5.41, 5.74) is 9.41. The third-order valence-corrected chi connectivity index (χ3v) is 5.95. The van der Waals surface area contributed by atoms with Crippen LogP contribution in [-0.4, -0.2) is 5.78 Å². The predicted molar refractivity (Wildman–Crippen MR) is 133 cm³/mol. The normalized spacial score (nSPS) is 10.8. The van der Waals surface area contributed by atoms with Crippen molar-refractivity contribution in [3.8, 4) is 22.3 Å². The number of carbonyl (C=O) groups excluding carboxylic acids is 1. The van der Waals surface area contributed by atoms with Crippen LogP contribution in [0, 0.1) is 0 Å². The Morgan fingerprint density at radius 2 is 1.39 bits per heavy atom. The first-order valence-corrected chi connectivity index (χ1v) is 11.5. The molecule has 0 bridgehead atoms. The van der Waals surface area contributed by atoms with Crippen molar-refractivity contribution in [3.05, 3.63) is 95.6 Å². The highest BCUT2D eigenvalue weighted by Crippen LogP contribution is 2.30. The van der Waals surface area contributed by atoms with Gasteiger partial charge in [0.2, 0.25) is 0 Å². The van der Waals surface area contributed by atoms with Gasteiger partial charge in [0.1, 0.15) is 0 Å². The maximum atomic E-state index is 11.9. The lowest BCUT2D eigenvalue weighted by Gasteiger charge is -2.12. The Hall–Kier alpha value is -2.93. The molecule has 0 aromatic heterocycles. The molecule has 3 rings (SSSR count). The second-order valence-electron chi connectivity index (χ2n) is 8.46. The van der Waals surface area contributed by atoms with Crippen LogP contribution in [-0.2, 0) is 24.1 Å². The van der Waals surface area contributed by atoms with E-state index in [1.165, 1.54) is 59.1 Å². The summed E-state index contributed by atoms with van der Waals surface area (Å²) >= 11 is 0. The highest BCUT2D eigenvalue weighted by Gasteiger charge is 2.09. The molecule has 0 radical (unpaired) electrons. The number of unbranched alkanes of at least 4 members (excludes halogenated alkanes) is 2. The smallest absolute Gasteiger partial charge is 0.162 e. The zero-order valence-corrected chi connectivity index (χ0v) is 19.2. The first-order valence-electron chi connectivity index (χ1n) is 11.5. The van der Waals surface area contributed by atoms with Crippen LogP contribution in [0.2, 0.25) is 0 Å². The van der Waals surface area contributed by atoms with Gasteiger partial charge in [0, 0.05) is 6.42 Å². The molecule has 0 fully saturated rings. The van der Waals surface area contributed by atoms with Crippen molar-refractivity contribution in [2.24, 2.45) is 0 Å². The Bertz CT molecular complexity index is 1020. The first kappa shape index (κ1) is 22.7. The molecule has 0 saturated carbocycles. The van der Waals surface area contributed by atoms with Crippen molar-refractivity contribution in [1.29, 1.82) is 0 Å². The minimum Gasteiger partial charge on any atom is -0.294 e. The van der Waals surface area contributed by atoms with Gasteiger partial charge in [0.15, 0.2) is 5.78 Å². The number of benzene rings is 3. The van der Waals surface area contributed by atoms with E-state index in [2.05, 4.69) is 87.2 Å². The summed E-state index contributed by atoms with van der Waals surface area (Å²) in [6.07, 6.45) is 6.40. The first-order chi connectivity index (χ1) is 15.0. The molecule has 0 amide bonds. The van der Waals surface area contributed by atoms with Crippen LogP contribution in [0.4, 0.5) is 0 Å². The zero-order valence-electron chi connectivity index (χ0n) is 19.2. The van der Waals surface area contributed by atoms with Gasteiger partial charge in [-0.25, -0.2) is 0 Å². The van der Waals surface area contributed by atoms with E-state index in [1.807, 2.05) is 0 Å². The summed E-state index contributed by atoms with van der Waals surface area (Å²) in [5, 5.41) is 0. The van der Waals surface area contributed by atoms with Gasteiger partial charge in [0.05, 0.1) is 0 Å². The Kier molecular flexibility index (Phi) is 8.00. The van der Waals surface area contributed by atoms with E-state index >= 15 is 0 Å². The summed E-state index contributed by atoms with van der Waals surface area (Å²) in [6.45, 7) is 9.97. The summed E-state index contributed by atoms with van der Waals surface area (Å²) < 4.78 is 0. The fourth-order valence-corrected chi connectivity index (χ4v) is 3.93. The summed E-state index contributed by atoms with van der Waals surface area (Å²) in [6, 6.07) is 24.2. The standard InChI is InChI=1S/C30H34O/c1-5-7-8-9-23-10-14-26(15-11-23)28-18-19-29(25(6-2)21-28)27-16-12-24(13-17-27)20-30(31)22(3)4/h10-19,21H,3,5-9,20H2,1-2,4H3. The molecule has 31 heavy (non-hydrogen) atoms. The van der Waals surface area contributed by atoms with Gasteiger partial charge in [-0.3, -0.25) is 4.79 Å². The second kappa shape index (κ2) is 10.9. The Balaban J connectivity index is 1.78. The maximum absolute atomic E-state index is 11.9. The van der Waals surface area contributed by atoms with Crippen LogP contribution in [0.25, 0.3) is 22.3 Å². The SMILES string of the molecule is C=C(C)C(=O)Cc1ccc(-c2ccc(-c3ccc(CCCCC)cc3)cc2CC)cc1. The number of carbonyl (C=O) groups is 1. The Morgan fingerprint density at radius 3 is 2.00 bits per heavy atom. The molecule has 0 spiro atoms. The lowest BCUT2D eigenvalue weighted by atomic mass is 9.92. The lowest BCUT2D eigenvalue weighted by Crippen LogP contribution is -2.02. The van der Waals surface area contributed by atoms with E-state index in [0.29, 0.717) is 12.0 Å². The monoisotopic (exact) mass is 410 g/mol. The molecule has 0 N–H and O–H groups in total. The van der Waals surface area contributed by atoms with Gasteiger partial charge in [-0.15, -0.1) is 0 Å². The molecule has 0 aliphatic rings. The van der Waals surface area contributed by atoms with E-state index in [0.717, 1.165) is 12.0 Å².